The molecule has 0 saturated carbocycles. The third kappa shape index (κ3) is 4.94. The first-order chi connectivity index (χ1) is 14.9. The highest BCUT2D eigenvalue weighted by molar-refractivity contribution is 6.30. The van der Waals surface area contributed by atoms with Crippen LogP contribution in [0.1, 0.15) is 19.4 Å². The Labute approximate surface area is 187 Å². The lowest BCUT2D eigenvalue weighted by molar-refractivity contribution is 0.209. The van der Waals surface area contributed by atoms with Crippen LogP contribution in [0.4, 0.5) is 0 Å². The smallest absolute Gasteiger partial charge is 0.166 e. The summed E-state index contributed by atoms with van der Waals surface area (Å²) in [6.07, 6.45) is 8.09. The fourth-order valence-corrected chi connectivity index (χ4v) is 3.58. The fraction of sp³-hybridized carbons (Fsp3) is 0.240. The molecule has 5 nitrogen and oxygen atoms in total. The highest BCUT2D eigenvalue weighted by Crippen LogP contribution is 2.38. The Balaban J connectivity index is 1.53. The van der Waals surface area contributed by atoms with Crippen molar-refractivity contribution in [1.29, 1.82) is 0 Å². The van der Waals surface area contributed by atoms with Crippen molar-refractivity contribution in [3.05, 3.63) is 83.0 Å². The fourth-order valence-electron chi connectivity index (χ4n) is 3.46. The summed E-state index contributed by atoms with van der Waals surface area (Å²) in [5.74, 6) is 1.53. The SMILES string of the molecule is CC1=CC(Oc2cn(C)nc2-c2ccc(OCc3ccc(Cl)cc3)cc2O)C(C)C=C1. The van der Waals surface area contributed by atoms with Gasteiger partial charge >= 0.3 is 0 Å². The van der Waals surface area contributed by atoms with Gasteiger partial charge in [0.15, 0.2) is 5.75 Å². The molecule has 3 aromatic rings. The van der Waals surface area contributed by atoms with E-state index in [0.29, 0.717) is 34.4 Å². The largest absolute Gasteiger partial charge is 0.507 e. The lowest BCUT2D eigenvalue weighted by Crippen LogP contribution is -2.23. The van der Waals surface area contributed by atoms with Crippen molar-refractivity contribution in [2.45, 2.75) is 26.6 Å². The van der Waals surface area contributed by atoms with Gasteiger partial charge in [0.1, 0.15) is 29.9 Å². The normalized spacial score (nSPS) is 18.0. The van der Waals surface area contributed by atoms with Crippen molar-refractivity contribution < 1.29 is 14.6 Å². The van der Waals surface area contributed by atoms with Crippen LogP contribution in [0.3, 0.4) is 0 Å². The molecule has 1 aromatic heterocycles. The lowest BCUT2D eigenvalue weighted by atomic mass is 9.96. The average molecular weight is 437 g/mol. The zero-order valence-corrected chi connectivity index (χ0v) is 18.5. The lowest BCUT2D eigenvalue weighted by Gasteiger charge is -2.23. The van der Waals surface area contributed by atoms with Crippen LogP contribution in [0.2, 0.25) is 5.02 Å². The molecule has 2 atom stereocenters. The first-order valence-corrected chi connectivity index (χ1v) is 10.5. The summed E-state index contributed by atoms with van der Waals surface area (Å²) >= 11 is 5.92. The monoisotopic (exact) mass is 436 g/mol. The van der Waals surface area contributed by atoms with Crippen molar-refractivity contribution in [2.24, 2.45) is 13.0 Å². The van der Waals surface area contributed by atoms with Crippen LogP contribution in [0.25, 0.3) is 11.3 Å². The summed E-state index contributed by atoms with van der Waals surface area (Å²) in [6.45, 7) is 4.55. The highest BCUT2D eigenvalue weighted by Gasteiger charge is 2.22. The van der Waals surface area contributed by atoms with E-state index in [2.05, 4.69) is 37.2 Å². The minimum atomic E-state index is -0.0860. The number of aryl methyl sites for hydroxylation is 1. The first kappa shape index (κ1) is 21.1. The maximum atomic E-state index is 10.7. The molecule has 1 aliphatic rings. The Bertz CT molecular complexity index is 1130. The molecule has 0 saturated heterocycles. The number of hydrogen-bond acceptors (Lipinski definition) is 4. The molecule has 0 radical (unpaired) electrons. The summed E-state index contributed by atoms with van der Waals surface area (Å²) in [7, 11) is 1.84. The summed E-state index contributed by atoms with van der Waals surface area (Å²) in [4.78, 5) is 0. The van der Waals surface area contributed by atoms with Crippen LogP contribution in [-0.4, -0.2) is 21.0 Å². The van der Waals surface area contributed by atoms with E-state index in [4.69, 9.17) is 21.1 Å². The maximum absolute atomic E-state index is 10.7. The minimum Gasteiger partial charge on any atom is -0.507 e. The van der Waals surface area contributed by atoms with Gasteiger partial charge in [-0.25, -0.2) is 0 Å². The van der Waals surface area contributed by atoms with Crippen LogP contribution in [0.15, 0.2) is 72.5 Å². The van der Waals surface area contributed by atoms with E-state index in [0.717, 1.165) is 5.56 Å². The highest BCUT2D eigenvalue weighted by atomic mass is 35.5. The van der Waals surface area contributed by atoms with Gasteiger partial charge in [-0.3, -0.25) is 4.68 Å². The Hall–Kier alpha value is -3.18. The van der Waals surface area contributed by atoms with E-state index >= 15 is 0 Å². The van der Waals surface area contributed by atoms with Gasteiger partial charge in [0.25, 0.3) is 0 Å². The van der Waals surface area contributed by atoms with Crippen LogP contribution in [-0.2, 0) is 13.7 Å². The molecule has 0 aliphatic heterocycles. The second-order valence-electron chi connectivity index (χ2n) is 7.82. The van der Waals surface area contributed by atoms with E-state index in [1.165, 1.54) is 5.57 Å². The third-order valence-electron chi connectivity index (χ3n) is 5.21. The van der Waals surface area contributed by atoms with Crippen LogP contribution in [0, 0.1) is 5.92 Å². The molecule has 4 rings (SSSR count). The molecule has 0 bridgehead atoms. The standard InChI is InChI=1S/C25H25ClN2O3/c1-16-4-5-17(2)23(12-16)31-24-14-28(3)27-25(24)21-11-10-20(13-22(21)29)30-15-18-6-8-19(26)9-7-18/h4-14,17,23,29H,15H2,1-3H3. The van der Waals surface area contributed by atoms with E-state index in [9.17, 15) is 5.11 Å². The van der Waals surface area contributed by atoms with Gasteiger partial charge in [0.2, 0.25) is 0 Å². The number of hydrogen-bond donors (Lipinski definition) is 1. The molecular weight excluding hydrogens is 412 g/mol. The van der Waals surface area contributed by atoms with Gasteiger partial charge < -0.3 is 14.6 Å². The van der Waals surface area contributed by atoms with Gasteiger partial charge in [-0.2, -0.15) is 5.10 Å². The molecular formula is C25H25ClN2O3. The summed E-state index contributed by atoms with van der Waals surface area (Å²) < 4.78 is 13.8. The molecule has 0 amide bonds. The molecule has 6 heteroatoms. The maximum Gasteiger partial charge on any atom is 0.166 e. The molecule has 1 aliphatic carbocycles. The van der Waals surface area contributed by atoms with Crippen molar-refractivity contribution in [3.8, 4) is 28.5 Å². The number of phenols is 1. The Kier molecular flexibility index (Phi) is 6.05. The van der Waals surface area contributed by atoms with Gasteiger partial charge in [-0.1, -0.05) is 48.4 Å². The van der Waals surface area contributed by atoms with Crippen LogP contribution in [0.5, 0.6) is 17.2 Å². The van der Waals surface area contributed by atoms with Gasteiger partial charge in [-0.15, -0.1) is 0 Å². The molecule has 0 fully saturated rings. The number of aromatic hydroxyl groups is 1. The molecule has 0 spiro atoms. The minimum absolute atomic E-state index is 0.0838. The van der Waals surface area contributed by atoms with Crippen LogP contribution < -0.4 is 9.47 Å². The van der Waals surface area contributed by atoms with Crippen LogP contribution >= 0.6 is 11.6 Å². The Morgan fingerprint density at radius 2 is 1.94 bits per heavy atom. The van der Waals surface area contributed by atoms with Crippen molar-refractivity contribution >= 4 is 11.6 Å². The third-order valence-corrected chi connectivity index (χ3v) is 5.46. The predicted molar refractivity (Wildman–Crippen MR) is 123 cm³/mol. The number of benzene rings is 2. The second kappa shape index (κ2) is 8.90. The molecule has 160 valence electrons. The topological polar surface area (TPSA) is 56.5 Å². The Morgan fingerprint density at radius 3 is 2.68 bits per heavy atom. The van der Waals surface area contributed by atoms with E-state index in [1.54, 1.807) is 16.8 Å². The number of allylic oxidation sites excluding steroid dienone is 2. The Morgan fingerprint density at radius 1 is 1.16 bits per heavy atom. The van der Waals surface area contributed by atoms with E-state index in [-0.39, 0.29) is 17.8 Å². The zero-order chi connectivity index (χ0) is 22.0. The van der Waals surface area contributed by atoms with Gasteiger partial charge in [0.05, 0.1) is 6.20 Å². The van der Waals surface area contributed by atoms with E-state index < -0.39 is 0 Å². The molecule has 31 heavy (non-hydrogen) atoms. The summed E-state index contributed by atoms with van der Waals surface area (Å²) in [5.41, 5.74) is 3.34. The van der Waals surface area contributed by atoms with E-state index in [1.807, 2.05) is 43.6 Å². The molecule has 1 heterocycles. The van der Waals surface area contributed by atoms with Crippen molar-refractivity contribution in [1.82, 2.24) is 9.78 Å². The first-order valence-electron chi connectivity index (χ1n) is 10.2. The number of ether oxygens (including phenoxy) is 2. The summed E-state index contributed by atoms with van der Waals surface area (Å²) in [6, 6.07) is 12.7. The number of rotatable bonds is 6. The average Bonchev–Trinajstić information content (AvgIpc) is 3.10. The summed E-state index contributed by atoms with van der Waals surface area (Å²) in [5, 5.41) is 15.9. The van der Waals surface area contributed by atoms with Gasteiger partial charge in [-0.05, 0) is 42.8 Å². The van der Waals surface area contributed by atoms with Crippen molar-refractivity contribution in [3.63, 3.8) is 0 Å². The van der Waals surface area contributed by atoms with Gasteiger partial charge in [0, 0.05) is 29.6 Å². The van der Waals surface area contributed by atoms with Crippen molar-refractivity contribution in [2.75, 3.05) is 0 Å². The molecule has 2 unspecified atom stereocenters. The molecule has 1 N–H and O–H groups in total. The second-order valence-corrected chi connectivity index (χ2v) is 8.26. The quantitative estimate of drug-likeness (QED) is 0.520. The number of nitrogens with zero attached hydrogens (tertiary/aromatic N) is 2. The molecule has 2 aromatic carbocycles. The number of halogens is 1. The number of aromatic nitrogens is 2. The number of phenolic OH excluding ortho intramolecular Hbond substituents is 1. The predicted octanol–water partition coefficient (Wildman–Crippen LogP) is 5.92. The zero-order valence-electron chi connectivity index (χ0n) is 17.7.